The van der Waals surface area contributed by atoms with Crippen LogP contribution in [-0.2, 0) is 7.05 Å². The Bertz CT molecular complexity index is 1380. The molecule has 158 valence electrons. The molecule has 5 aromatic rings. The van der Waals surface area contributed by atoms with E-state index in [1.54, 1.807) is 6.20 Å². The maximum atomic E-state index is 4.99. The lowest BCUT2D eigenvalue weighted by Gasteiger charge is -2.27. The number of nitrogens with zero attached hydrogens (tertiary/aromatic N) is 5. The standard InChI is InChI=1S/C26H24N6/c1-31-16-15-27-26(31)25-29-24(28-20-13-8-14-20)23-22(19-11-6-3-7-12-19)21(17-32(23)30-25)18-9-4-2-5-10-18/h2-7,9-12,15-17,20H,8,13-14H2,1H3,(H,28,29,30). The summed E-state index contributed by atoms with van der Waals surface area (Å²) in [7, 11) is 1.97. The summed E-state index contributed by atoms with van der Waals surface area (Å²) in [5.41, 5.74) is 5.59. The Morgan fingerprint density at radius 3 is 2.28 bits per heavy atom. The summed E-state index contributed by atoms with van der Waals surface area (Å²) in [6.45, 7) is 0. The maximum absolute atomic E-state index is 4.99. The van der Waals surface area contributed by atoms with Crippen molar-refractivity contribution in [1.29, 1.82) is 0 Å². The van der Waals surface area contributed by atoms with Gasteiger partial charge in [0.25, 0.3) is 0 Å². The van der Waals surface area contributed by atoms with Crippen molar-refractivity contribution < 1.29 is 0 Å². The van der Waals surface area contributed by atoms with E-state index in [0.717, 1.165) is 39.4 Å². The van der Waals surface area contributed by atoms with Crippen LogP contribution in [0.15, 0.2) is 79.3 Å². The van der Waals surface area contributed by atoms with Gasteiger partial charge in [-0.1, -0.05) is 60.7 Å². The first kappa shape index (κ1) is 18.8. The molecule has 6 rings (SSSR count). The second kappa shape index (κ2) is 7.64. The van der Waals surface area contributed by atoms with Crippen LogP contribution in [0.5, 0.6) is 0 Å². The van der Waals surface area contributed by atoms with E-state index in [4.69, 9.17) is 10.1 Å². The van der Waals surface area contributed by atoms with Gasteiger partial charge in [0, 0.05) is 42.8 Å². The maximum Gasteiger partial charge on any atom is 0.218 e. The number of anilines is 1. The smallest absolute Gasteiger partial charge is 0.218 e. The lowest BCUT2D eigenvalue weighted by molar-refractivity contribution is 0.444. The summed E-state index contributed by atoms with van der Waals surface area (Å²) < 4.78 is 3.93. The van der Waals surface area contributed by atoms with Crippen molar-refractivity contribution in [2.24, 2.45) is 7.05 Å². The van der Waals surface area contributed by atoms with Crippen molar-refractivity contribution in [3.8, 4) is 33.9 Å². The summed E-state index contributed by atoms with van der Waals surface area (Å²) in [5.74, 6) is 2.23. The van der Waals surface area contributed by atoms with Gasteiger partial charge in [0.15, 0.2) is 11.6 Å². The van der Waals surface area contributed by atoms with E-state index >= 15 is 0 Å². The number of rotatable bonds is 5. The molecule has 0 saturated heterocycles. The molecule has 1 fully saturated rings. The number of imidazole rings is 1. The molecule has 32 heavy (non-hydrogen) atoms. The highest BCUT2D eigenvalue weighted by Gasteiger charge is 2.24. The van der Waals surface area contributed by atoms with Crippen LogP contribution in [0.2, 0.25) is 0 Å². The number of hydrogen-bond donors (Lipinski definition) is 1. The Balaban J connectivity index is 1.66. The van der Waals surface area contributed by atoms with Crippen LogP contribution in [0.3, 0.4) is 0 Å². The number of aryl methyl sites for hydroxylation is 1. The second-order valence-corrected chi connectivity index (χ2v) is 8.36. The minimum absolute atomic E-state index is 0.446. The van der Waals surface area contributed by atoms with Gasteiger partial charge in [0.2, 0.25) is 5.82 Å². The Morgan fingerprint density at radius 2 is 1.66 bits per heavy atom. The molecule has 6 heteroatoms. The van der Waals surface area contributed by atoms with E-state index in [0.29, 0.717) is 11.9 Å². The lowest BCUT2D eigenvalue weighted by atomic mass is 9.93. The molecule has 0 bridgehead atoms. The van der Waals surface area contributed by atoms with Crippen LogP contribution in [0.25, 0.3) is 39.4 Å². The zero-order valence-electron chi connectivity index (χ0n) is 17.9. The van der Waals surface area contributed by atoms with Crippen LogP contribution in [0, 0.1) is 0 Å². The molecule has 2 aromatic carbocycles. The van der Waals surface area contributed by atoms with Gasteiger partial charge in [-0.25, -0.2) is 14.5 Å². The van der Waals surface area contributed by atoms with Gasteiger partial charge in [-0.05, 0) is 30.4 Å². The number of fused-ring (bicyclic) bond motifs is 1. The average Bonchev–Trinajstić information content (AvgIpc) is 3.41. The lowest BCUT2D eigenvalue weighted by Crippen LogP contribution is -2.28. The number of benzene rings is 2. The summed E-state index contributed by atoms with van der Waals surface area (Å²) in [6.07, 6.45) is 9.41. The molecular weight excluding hydrogens is 396 g/mol. The quantitative estimate of drug-likeness (QED) is 0.412. The van der Waals surface area contributed by atoms with E-state index in [1.165, 1.54) is 19.3 Å². The highest BCUT2D eigenvalue weighted by Crippen LogP contribution is 2.40. The minimum Gasteiger partial charge on any atom is -0.365 e. The molecule has 1 aliphatic carbocycles. The predicted octanol–water partition coefficient (Wildman–Crippen LogP) is 5.43. The third-order valence-electron chi connectivity index (χ3n) is 6.25. The molecule has 3 aromatic heterocycles. The third-order valence-corrected chi connectivity index (χ3v) is 6.25. The molecule has 0 atom stereocenters. The summed E-state index contributed by atoms with van der Waals surface area (Å²) >= 11 is 0. The van der Waals surface area contributed by atoms with Crippen molar-refractivity contribution in [2.75, 3.05) is 5.32 Å². The monoisotopic (exact) mass is 420 g/mol. The molecule has 0 radical (unpaired) electrons. The first-order chi connectivity index (χ1) is 15.8. The molecule has 0 amide bonds. The fourth-order valence-electron chi connectivity index (χ4n) is 4.34. The van der Waals surface area contributed by atoms with Gasteiger partial charge in [-0.3, -0.25) is 0 Å². The second-order valence-electron chi connectivity index (χ2n) is 8.36. The Labute approximate surface area is 186 Å². The number of hydrogen-bond acceptors (Lipinski definition) is 4. The van der Waals surface area contributed by atoms with Crippen molar-refractivity contribution in [3.63, 3.8) is 0 Å². The average molecular weight is 421 g/mol. The highest BCUT2D eigenvalue weighted by molar-refractivity contribution is 5.99. The topological polar surface area (TPSA) is 60.0 Å². The van der Waals surface area contributed by atoms with E-state index in [1.807, 2.05) is 34.5 Å². The molecule has 0 spiro atoms. The normalized spacial score (nSPS) is 13.9. The van der Waals surface area contributed by atoms with Gasteiger partial charge in [0.1, 0.15) is 5.52 Å². The molecule has 6 nitrogen and oxygen atoms in total. The van der Waals surface area contributed by atoms with Crippen molar-refractivity contribution in [3.05, 3.63) is 79.3 Å². The number of aromatic nitrogens is 5. The molecule has 1 aliphatic rings. The molecule has 1 N–H and O–H groups in total. The first-order valence-corrected chi connectivity index (χ1v) is 11.1. The van der Waals surface area contributed by atoms with E-state index in [-0.39, 0.29) is 0 Å². The van der Waals surface area contributed by atoms with Gasteiger partial charge in [-0.2, -0.15) is 0 Å². The van der Waals surface area contributed by atoms with Gasteiger partial charge in [0.05, 0.1) is 0 Å². The van der Waals surface area contributed by atoms with Gasteiger partial charge < -0.3 is 9.88 Å². The molecule has 3 heterocycles. The molecule has 0 aliphatic heterocycles. The largest absolute Gasteiger partial charge is 0.365 e. The highest BCUT2D eigenvalue weighted by atomic mass is 15.3. The summed E-state index contributed by atoms with van der Waals surface area (Å²) in [6, 6.07) is 21.4. The SMILES string of the molecule is Cn1ccnc1-c1nc(NC2CCC2)c2c(-c3ccccc3)c(-c3ccccc3)cn2n1. The zero-order chi connectivity index (χ0) is 21.5. The zero-order valence-corrected chi connectivity index (χ0v) is 17.9. The van der Waals surface area contributed by atoms with E-state index in [2.05, 4.69) is 65.0 Å². The molecule has 0 unspecified atom stereocenters. The Kier molecular flexibility index (Phi) is 4.49. The minimum atomic E-state index is 0.446. The third kappa shape index (κ3) is 3.15. The van der Waals surface area contributed by atoms with Crippen LogP contribution >= 0.6 is 0 Å². The fourth-order valence-corrected chi connectivity index (χ4v) is 4.34. The van der Waals surface area contributed by atoms with Gasteiger partial charge in [-0.15, -0.1) is 5.10 Å². The first-order valence-electron chi connectivity index (χ1n) is 11.1. The van der Waals surface area contributed by atoms with Crippen LogP contribution in [0.4, 0.5) is 5.82 Å². The Hall–Kier alpha value is -3.93. The molecular formula is C26H24N6. The number of nitrogens with one attached hydrogen (secondary N) is 1. The fraction of sp³-hybridized carbons (Fsp3) is 0.192. The van der Waals surface area contributed by atoms with Crippen LogP contribution in [0.1, 0.15) is 19.3 Å². The summed E-state index contributed by atoms with van der Waals surface area (Å²) in [5, 5.41) is 8.61. The van der Waals surface area contributed by atoms with Crippen LogP contribution in [-0.4, -0.2) is 30.2 Å². The summed E-state index contributed by atoms with van der Waals surface area (Å²) in [4.78, 5) is 9.48. The van der Waals surface area contributed by atoms with Crippen molar-refractivity contribution >= 4 is 11.3 Å². The van der Waals surface area contributed by atoms with E-state index < -0.39 is 0 Å². The van der Waals surface area contributed by atoms with E-state index in [9.17, 15) is 0 Å². The van der Waals surface area contributed by atoms with Gasteiger partial charge >= 0.3 is 0 Å². The van der Waals surface area contributed by atoms with Crippen molar-refractivity contribution in [2.45, 2.75) is 25.3 Å². The van der Waals surface area contributed by atoms with Crippen molar-refractivity contribution in [1.82, 2.24) is 24.1 Å². The predicted molar refractivity (Wildman–Crippen MR) is 127 cm³/mol. The Morgan fingerprint density at radius 1 is 0.938 bits per heavy atom. The molecule has 1 saturated carbocycles. The van der Waals surface area contributed by atoms with Crippen LogP contribution < -0.4 is 5.32 Å².